The van der Waals surface area contributed by atoms with E-state index in [1.54, 1.807) is 17.6 Å². The van der Waals surface area contributed by atoms with E-state index >= 15 is 0 Å². The third-order valence-electron chi connectivity index (χ3n) is 3.29. The summed E-state index contributed by atoms with van der Waals surface area (Å²) in [5, 5.41) is 10.9. The Morgan fingerprint density at radius 1 is 1.32 bits per heavy atom. The van der Waals surface area contributed by atoms with E-state index in [1.165, 1.54) is 16.0 Å². The Kier molecular flexibility index (Phi) is 3.33. The number of benzene rings is 1. The molecule has 0 saturated heterocycles. The number of fused-ring (bicyclic) bond motifs is 2. The molecule has 0 aliphatic rings. The first-order valence-corrected chi connectivity index (χ1v) is 8.54. The number of para-hydroxylation sites is 1. The lowest BCUT2D eigenvalue weighted by molar-refractivity contribution is 0.889. The Labute approximate surface area is 138 Å². The summed E-state index contributed by atoms with van der Waals surface area (Å²) in [6, 6.07) is 8.18. The molecular formula is C14H10ClN5S2. The summed E-state index contributed by atoms with van der Waals surface area (Å²) < 4.78 is 5.11. The SMILES string of the molecule is Cn1c(=NN=Cc2c(Cl)nc3sccn23)sc2ccccc21. The molecule has 1 aromatic carbocycles. The van der Waals surface area contributed by atoms with Crippen molar-refractivity contribution in [2.75, 3.05) is 0 Å². The molecule has 110 valence electrons. The summed E-state index contributed by atoms with van der Waals surface area (Å²) >= 11 is 9.26. The molecule has 0 aliphatic carbocycles. The number of hydrogen-bond donors (Lipinski definition) is 0. The molecule has 0 radical (unpaired) electrons. The lowest BCUT2D eigenvalue weighted by atomic mass is 10.3. The highest BCUT2D eigenvalue weighted by Crippen LogP contribution is 2.19. The average Bonchev–Trinajstić information content (AvgIpc) is 3.16. The van der Waals surface area contributed by atoms with Crippen LogP contribution in [-0.4, -0.2) is 20.2 Å². The van der Waals surface area contributed by atoms with Gasteiger partial charge in [0.05, 0.1) is 16.4 Å². The zero-order valence-electron chi connectivity index (χ0n) is 11.5. The van der Waals surface area contributed by atoms with E-state index in [0.29, 0.717) is 5.15 Å². The predicted molar refractivity (Wildman–Crippen MR) is 92.0 cm³/mol. The predicted octanol–water partition coefficient (Wildman–Crippen LogP) is 3.54. The number of nitrogens with zero attached hydrogens (tertiary/aromatic N) is 5. The minimum Gasteiger partial charge on any atom is -0.318 e. The van der Waals surface area contributed by atoms with Crippen LogP contribution in [0, 0.1) is 0 Å². The van der Waals surface area contributed by atoms with Crippen LogP contribution in [0.3, 0.4) is 0 Å². The molecule has 0 atom stereocenters. The van der Waals surface area contributed by atoms with Gasteiger partial charge < -0.3 is 4.57 Å². The third kappa shape index (κ3) is 2.18. The van der Waals surface area contributed by atoms with Crippen LogP contribution >= 0.6 is 34.3 Å². The number of aryl methyl sites for hydroxylation is 1. The Balaban J connectivity index is 1.78. The second kappa shape index (κ2) is 5.35. The Bertz CT molecular complexity index is 1070. The minimum atomic E-state index is 0.437. The molecule has 0 spiro atoms. The van der Waals surface area contributed by atoms with E-state index in [-0.39, 0.29) is 0 Å². The molecule has 3 heterocycles. The van der Waals surface area contributed by atoms with E-state index < -0.39 is 0 Å². The highest BCUT2D eigenvalue weighted by atomic mass is 35.5. The van der Waals surface area contributed by atoms with Gasteiger partial charge >= 0.3 is 0 Å². The van der Waals surface area contributed by atoms with Crippen molar-refractivity contribution >= 4 is 55.7 Å². The van der Waals surface area contributed by atoms with Gasteiger partial charge in [-0.2, -0.15) is 5.10 Å². The van der Waals surface area contributed by atoms with Gasteiger partial charge in [-0.3, -0.25) is 4.40 Å². The van der Waals surface area contributed by atoms with Crippen LogP contribution in [0.4, 0.5) is 0 Å². The fourth-order valence-electron chi connectivity index (χ4n) is 2.20. The van der Waals surface area contributed by atoms with Crippen molar-refractivity contribution in [1.29, 1.82) is 0 Å². The third-order valence-corrected chi connectivity index (χ3v) is 5.43. The number of imidazole rings is 1. The van der Waals surface area contributed by atoms with E-state index in [1.807, 2.05) is 39.7 Å². The normalized spacial score (nSPS) is 13.1. The van der Waals surface area contributed by atoms with Gasteiger partial charge in [-0.25, -0.2) is 4.98 Å². The Hall–Kier alpha value is -1.96. The summed E-state index contributed by atoms with van der Waals surface area (Å²) in [4.78, 5) is 5.94. The summed E-state index contributed by atoms with van der Waals surface area (Å²) in [6.45, 7) is 0. The van der Waals surface area contributed by atoms with Gasteiger partial charge in [-0.15, -0.1) is 16.4 Å². The lowest BCUT2D eigenvalue weighted by Crippen LogP contribution is -2.08. The monoisotopic (exact) mass is 347 g/mol. The molecule has 0 bridgehead atoms. The second-order valence-corrected chi connectivity index (χ2v) is 6.84. The summed E-state index contributed by atoms with van der Waals surface area (Å²) in [5.41, 5.74) is 1.88. The number of halogens is 1. The van der Waals surface area contributed by atoms with Crippen LogP contribution in [0.5, 0.6) is 0 Å². The van der Waals surface area contributed by atoms with Crippen LogP contribution < -0.4 is 4.80 Å². The van der Waals surface area contributed by atoms with Crippen molar-refractivity contribution in [3.63, 3.8) is 0 Å². The van der Waals surface area contributed by atoms with Gasteiger partial charge in [0, 0.05) is 18.6 Å². The van der Waals surface area contributed by atoms with Crippen molar-refractivity contribution in [3.05, 3.63) is 51.5 Å². The highest BCUT2D eigenvalue weighted by molar-refractivity contribution is 7.16. The first kappa shape index (κ1) is 13.7. The number of thiazole rings is 2. The molecule has 22 heavy (non-hydrogen) atoms. The molecule has 4 rings (SSSR count). The van der Waals surface area contributed by atoms with E-state index in [2.05, 4.69) is 27.3 Å². The van der Waals surface area contributed by atoms with Crippen LogP contribution in [0.15, 0.2) is 46.0 Å². The maximum absolute atomic E-state index is 6.13. The van der Waals surface area contributed by atoms with Gasteiger partial charge in [0.25, 0.3) is 0 Å². The van der Waals surface area contributed by atoms with E-state index in [4.69, 9.17) is 11.6 Å². The minimum absolute atomic E-state index is 0.437. The number of hydrogen-bond acceptors (Lipinski definition) is 5. The Morgan fingerprint density at radius 2 is 2.18 bits per heavy atom. The topological polar surface area (TPSA) is 47.0 Å². The van der Waals surface area contributed by atoms with E-state index in [0.717, 1.165) is 21.0 Å². The lowest BCUT2D eigenvalue weighted by Gasteiger charge is -1.92. The average molecular weight is 348 g/mol. The molecule has 0 amide bonds. The van der Waals surface area contributed by atoms with Gasteiger partial charge in [0.1, 0.15) is 5.69 Å². The number of aromatic nitrogens is 3. The molecule has 0 saturated carbocycles. The van der Waals surface area contributed by atoms with Gasteiger partial charge in [-0.1, -0.05) is 35.1 Å². The van der Waals surface area contributed by atoms with Crippen molar-refractivity contribution in [1.82, 2.24) is 14.0 Å². The molecule has 0 unspecified atom stereocenters. The van der Waals surface area contributed by atoms with Crippen molar-refractivity contribution in [2.24, 2.45) is 17.3 Å². The molecule has 0 fully saturated rings. The zero-order chi connectivity index (χ0) is 15.1. The molecule has 3 aromatic heterocycles. The quantitative estimate of drug-likeness (QED) is 0.404. The largest absolute Gasteiger partial charge is 0.318 e. The fraction of sp³-hybridized carbons (Fsp3) is 0.0714. The summed E-state index contributed by atoms with van der Waals surface area (Å²) in [7, 11) is 1.98. The molecule has 4 aromatic rings. The van der Waals surface area contributed by atoms with Gasteiger partial charge in [0.15, 0.2) is 10.1 Å². The zero-order valence-corrected chi connectivity index (χ0v) is 13.9. The van der Waals surface area contributed by atoms with Crippen LogP contribution in [-0.2, 0) is 7.05 Å². The molecule has 5 nitrogen and oxygen atoms in total. The van der Waals surface area contributed by atoms with Gasteiger partial charge in [0.2, 0.25) is 4.80 Å². The van der Waals surface area contributed by atoms with E-state index in [9.17, 15) is 0 Å². The van der Waals surface area contributed by atoms with Crippen LogP contribution in [0.2, 0.25) is 5.15 Å². The molecule has 0 N–H and O–H groups in total. The first-order chi connectivity index (χ1) is 10.7. The maximum atomic E-state index is 6.13. The number of rotatable bonds is 2. The van der Waals surface area contributed by atoms with Crippen LogP contribution in [0.25, 0.3) is 15.2 Å². The van der Waals surface area contributed by atoms with Crippen molar-refractivity contribution in [3.8, 4) is 0 Å². The maximum Gasteiger partial charge on any atom is 0.211 e. The van der Waals surface area contributed by atoms with Crippen molar-refractivity contribution in [2.45, 2.75) is 0 Å². The first-order valence-electron chi connectivity index (χ1n) is 6.47. The summed E-state index contributed by atoms with van der Waals surface area (Å²) in [6.07, 6.45) is 3.55. The van der Waals surface area contributed by atoms with Gasteiger partial charge in [-0.05, 0) is 12.1 Å². The van der Waals surface area contributed by atoms with Crippen LogP contribution in [0.1, 0.15) is 5.69 Å². The summed E-state index contributed by atoms with van der Waals surface area (Å²) in [5.74, 6) is 0. The molecule has 8 heteroatoms. The second-order valence-electron chi connectivity index (χ2n) is 4.60. The standard InChI is InChI=1S/C14H10ClN5S2/c1-19-9-4-2-3-5-11(9)22-14(19)18-16-8-10-12(15)17-13-20(10)6-7-21-13/h2-8H,1H3. The molecular weight excluding hydrogens is 338 g/mol. The molecule has 0 aliphatic heterocycles. The van der Waals surface area contributed by atoms with Crippen molar-refractivity contribution < 1.29 is 0 Å². The Morgan fingerprint density at radius 3 is 3.05 bits per heavy atom. The smallest absolute Gasteiger partial charge is 0.211 e. The fourth-order valence-corrected chi connectivity index (χ4v) is 4.17. The highest BCUT2D eigenvalue weighted by Gasteiger charge is 2.08.